The van der Waals surface area contributed by atoms with E-state index in [-0.39, 0.29) is 17.1 Å². The molecule has 0 saturated carbocycles. The van der Waals surface area contributed by atoms with Crippen molar-refractivity contribution in [2.75, 3.05) is 7.11 Å². The van der Waals surface area contributed by atoms with Crippen LogP contribution < -0.4 is 4.74 Å². The zero-order valence-corrected chi connectivity index (χ0v) is 9.90. The smallest absolute Gasteiger partial charge is 0.416 e. The van der Waals surface area contributed by atoms with Crippen molar-refractivity contribution in [3.05, 3.63) is 42.2 Å². The minimum Gasteiger partial charge on any atom is -0.506 e. The maximum atomic E-state index is 12.7. The molecule has 0 aliphatic carbocycles. The van der Waals surface area contributed by atoms with E-state index in [1.165, 1.54) is 31.6 Å². The molecule has 19 heavy (non-hydrogen) atoms. The maximum absolute atomic E-state index is 12.7. The molecule has 0 bridgehead atoms. The first-order chi connectivity index (χ1) is 8.91. The molecule has 0 fully saturated rings. The lowest BCUT2D eigenvalue weighted by atomic mass is 10.0. The van der Waals surface area contributed by atoms with Crippen molar-refractivity contribution in [1.82, 2.24) is 4.98 Å². The number of benzene rings is 1. The van der Waals surface area contributed by atoms with Crippen LogP contribution in [0.15, 0.2) is 36.7 Å². The molecule has 1 aromatic heterocycles. The predicted molar refractivity (Wildman–Crippen MR) is 62.9 cm³/mol. The number of methoxy groups -OCH3 is 1. The Labute approximate surface area is 107 Å². The third kappa shape index (κ3) is 2.78. The molecule has 0 unspecified atom stereocenters. The third-order valence-corrected chi connectivity index (χ3v) is 2.56. The number of rotatable bonds is 2. The van der Waals surface area contributed by atoms with Crippen LogP contribution in [0.2, 0.25) is 0 Å². The van der Waals surface area contributed by atoms with E-state index in [0.717, 1.165) is 12.1 Å². The normalized spacial score (nSPS) is 11.4. The second-order valence-electron chi connectivity index (χ2n) is 3.84. The number of pyridine rings is 1. The largest absolute Gasteiger partial charge is 0.506 e. The molecule has 1 aromatic carbocycles. The lowest BCUT2D eigenvalue weighted by Crippen LogP contribution is -2.05. The Bertz CT molecular complexity index is 597. The first-order valence-electron chi connectivity index (χ1n) is 5.31. The molecule has 0 spiro atoms. The Kier molecular flexibility index (Phi) is 3.33. The van der Waals surface area contributed by atoms with Crippen LogP contribution in [0.4, 0.5) is 13.2 Å². The standard InChI is InChI=1S/C13H10F3NO2/c1-19-12-3-2-9(13(14,15)16)5-11(12)8-4-10(18)7-17-6-8/h2-7,18H,1H3. The average molecular weight is 269 g/mol. The van der Waals surface area contributed by atoms with Crippen LogP contribution in [-0.4, -0.2) is 17.2 Å². The Morgan fingerprint density at radius 3 is 2.47 bits per heavy atom. The Morgan fingerprint density at radius 2 is 1.89 bits per heavy atom. The molecule has 0 amide bonds. The van der Waals surface area contributed by atoms with Crippen molar-refractivity contribution in [3.8, 4) is 22.6 Å². The van der Waals surface area contributed by atoms with Gasteiger partial charge in [-0.1, -0.05) is 0 Å². The van der Waals surface area contributed by atoms with E-state index >= 15 is 0 Å². The number of hydrogen-bond acceptors (Lipinski definition) is 3. The van der Waals surface area contributed by atoms with Crippen LogP contribution in [-0.2, 0) is 6.18 Å². The quantitative estimate of drug-likeness (QED) is 0.907. The van der Waals surface area contributed by atoms with E-state index in [0.29, 0.717) is 5.56 Å². The number of aromatic nitrogens is 1. The topological polar surface area (TPSA) is 42.4 Å². The van der Waals surface area contributed by atoms with Crippen LogP contribution in [0.25, 0.3) is 11.1 Å². The number of hydrogen-bond donors (Lipinski definition) is 1. The molecule has 1 N–H and O–H groups in total. The van der Waals surface area contributed by atoms with Gasteiger partial charge in [0, 0.05) is 17.3 Å². The van der Waals surface area contributed by atoms with E-state index in [1.807, 2.05) is 0 Å². The van der Waals surface area contributed by atoms with Crippen molar-refractivity contribution in [2.45, 2.75) is 6.18 Å². The zero-order chi connectivity index (χ0) is 14.0. The van der Waals surface area contributed by atoms with Crippen LogP contribution in [0.5, 0.6) is 11.5 Å². The van der Waals surface area contributed by atoms with Gasteiger partial charge in [0.1, 0.15) is 11.5 Å². The minimum atomic E-state index is -4.44. The molecule has 0 saturated heterocycles. The highest BCUT2D eigenvalue weighted by Crippen LogP contribution is 2.37. The molecule has 6 heteroatoms. The van der Waals surface area contributed by atoms with Crippen molar-refractivity contribution in [2.24, 2.45) is 0 Å². The van der Waals surface area contributed by atoms with Gasteiger partial charge in [-0.2, -0.15) is 13.2 Å². The third-order valence-electron chi connectivity index (χ3n) is 2.56. The highest BCUT2D eigenvalue weighted by atomic mass is 19.4. The molecule has 100 valence electrons. The summed E-state index contributed by atoms with van der Waals surface area (Å²) in [5, 5.41) is 9.34. The minimum absolute atomic E-state index is 0.128. The Balaban J connectivity index is 2.60. The van der Waals surface area contributed by atoms with Gasteiger partial charge in [0.15, 0.2) is 0 Å². The van der Waals surface area contributed by atoms with Gasteiger partial charge in [-0.3, -0.25) is 4.98 Å². The molecule has 2 rings (SSSR count). The van der Waals surface area contributed by atoms with Gasteiger partial charge in [0.25, 0.3) is 0 Å². The first-order valence-corrected chi connectivity index (χ1v) is 5.31. The zero-order valence-electron chi connectivity index (χ0n) is 9.90. The summed E-state index contributed by atoms with van der Waals surface area (Å²) >= 11 is 0. The van der Waals surface area contributed by atoms with Crippen LogP contribution >= 0.6 is 0 Å². The van der Waals surface area contributed by atoms with Gasteiger partial charge < -0.3 is 9.84 Å². The second kappa shape index (κ2) is 4.79. The van der Waals surface area contributed by atoms with Crippen molar-refractivity contribution < 1.29 is 23.0 Å². The number of ether oxygens (including phenoxy) is 1. The van der Waals surface area contributed by atoms with Gasteiger partial charge in [-0.15, -0.1) is 0 Å². The SMILES string of the molecule is COc1ccc(C(F)(F)F)cc1-c1cncc(O)c1. The van der Waals surface area contributed by atoms with E-state index in [9.17, 15) is 18.3 Å². The molecule has 0 atom stereocenters. The van der Waals surface area contributed by atoms with Crippen molar-refractivity contribution in [1.29, 1.82) is 0 Å². The first kappa shape index (κ1) is 13.2. The maximum Gasteiger partial charge on any atom is 0.416 e. The van der Waals surface area contributed by atoms with Gasteiger partial charge in [0.05, 0.1) is 18.9 Å². The fraction of sp³-hybridized carbons (Fsp3) is 0.154. The van der Waals surface area contributed by atoms with Crippen molar-refractivity contribution >= 4 is 0 Å². The summed E-state index contributed by atoms with van der Waals surface area (Å²) in [7, 11) is 1.36. The van der Waals surface area contributed by atoms with Crippen LogP contribution in [0.1, 0.15) is 5.56 Å². The predicted octanol–water partition coefficient (Wildman–Crippen LogP) is 3.48. The average Bonchev–Trinajstić information content (AvgIpc) is 2.37. The van der Waals surface area contributed by atoms with Gasteiger partial charge in [-0.25, -0.2) is 0 Å². The number of alkyl halides is 3. The fourth-order valence-electron chi connectivity index (χ4n) is 1.68. The fourth-order valence-corrected chi connectivity index (χ4v) is 1.68. The molecular weight excluding hydrogens is 259 g/mol. The van der Waals surface area contributed by atoms with Crippen molar-refractivity contribution in [3.63, 3.8) is 0 Å². The molecular formula is C13H10F3NO2. The molecule has 2 aromatic rings. The molecule has 0 radical (unpaired) electrons. The van der Waals surface area contributed by atoms with E-state index in [2.05, 4.69) is 4.98 Å². The summed E-state index contributed by atoms with van der Waals surface area (Å²) in [6.07, 6.45) is -1.88. The lowest BCUT2D eigenvalue weighted by molar-refractivity contribution is -0.137. The summed E-state index contributed by atoms with van der Waals surface area (Å²) in [5.41, 5.74) is -0.213. The van der Waals surface area contributed by atoms with Gasteiger partial charge in [-0.05, 0) is 24.3 Å². The van der Waals surface area contributed by atoms with E-state index in [1.54, 1.807) is 0 Å². The summed E-state index contributed by atoms with van der Waals surface area (Å²) in [4.78, 5) is 3.74. The second-order valence-corrected chi connectivity index (χ2v) is 3.84. The molecule has 0 aliphatic rings. The van der Waals surface area contributed by atoms with Crippen LogP contribution in [0.3, 0.4) is 0 Å². The summed E-state index contributed by atoms with van der Waals surface area (Å²) < 4.78 is 43.1. The number of aromatic hydroxyl groups is 1. The lowest BCUT2D eigenvalue weighted by Gasteiger charge is -2.12. The summed E-state index contributed by atoms with van der Waals surface area (Å²) in [5.74, 6) is 0.150. The molecule has 0 aliphatic heterocycles. The highest BCUT2D eigenvalue weighted by molar-refractivity contribution is 5.71. The van der Waals surface area contributed by atoms with E-state index in [4.69, 9.17) is 4.74 Å². The summed E-state index contributed by atoms with van der Waals surface area (Å²) in [6.45, 7) is 0. The number of halogens is 3. The van der Waals surface area contributed by atoms with Crippen LogP contribution in [0, 0.1) is 0 Å². The van der Waals surface area contributed by atoms with E-state index < -0.39 is 11.7 Å². The van der Waals surface area contributed by atoms with Gasteiger partial charge in [0.2, 0.25) is 0 Å². The molecule has 1 heterocycles. The number of nitrogens with zero attached hydrogens (tertiary/aromatic N) is 1. The summed E-state index contributed by atoms with van der Waals surface area (Å²) in [6, 6.07) is 4.47. The highest BCUT2D eigenvalue weighted by Gasteiger charge is 2.31. The Hall–Kier alpha value is -2.24. The molecule has 3 nitrogen and oxygen atoms in total. The Morgan fingerprint density at radius 1 is 1.16 bits per heavy atom. The monoisotopic (exact) mass is 269 g/mol. The van der Waals surface area contributed by atoms with Gasteiger partial charge >= 0.3 is 6.18 Å².